The van der Waals surface area contributed by atoms with Gasteiger partial charge in [0.05, 0.1) is 5.52 Å². The van der Waals surface area contributed by atoms with Crippen molar-refractivity contribution in [2.45, 2.75) is 6.92 Å². The Bertz CT molecular complexity index is 768. The smallest absolute Gasteiger partial charge is 0.0530 e. The largest absolute Gasteiger partial charge is 0.314 e. The molecule has 2 aromatic carbocycles. The van der Waals surface area contributed by atoms with Gasteiger partial charge in [-0.05, 0) is 36.6 Å². The van der Waals surface area contributed by atoms with Gasteiger partial charge in [-0.1, -0.05) is 60.7 Å². The summed E-state index contributed by atoms with van der Waals surface area (Å²) < 4.78 is 2.29. The standard InChI is InChI=1S/C19H17N/c1-16-10-4-2-5-11-17-12-8-9-15-19(17)20(16)18-13-6-3-7-14-18/h2-15H,1H3. The summed E-state index contributed by atoms with van der Waals surface area (Å²) in [7, 11) is 0. The number of rotatable bonds is 1. The van der Waals surface area contributed by atoms with E-state index < -0.39 is 0 Å². The van der Waals surface area contributed by atoms with E-state index in [0.717, 1.165) is 0 Å². The summed E-state index contributed by atoms with van der Waals surface area (Å²) in [6, 6.07) is 29.4. The second-order valence-electron chi connectivity index (χ2n) is 4.78. The van der Waals surface area contributed by atoms with Crippen molar-refractivity contribution in [2.24, 2.45) is 0 Å². The van der Waals surface area contributed by atoms with Gasteiger partial charge in [0, 0.05) is 11.4 Å². The predicted octanol–water partition coefficient (Wildman–Crippen LogP) is 5.06. The average Bonchev–Trinajstić information content (AvgIpc) is 2.57. The van der Waals surface area contributed by atoms with Crippen molar-refractivity contribution in [2.75, 3.05) is 0 Å². The van der Waals surface area contributed by atoms with Crippen LogP contribution in [-0.4, -0.2) is 4.57 Å². The zero-order chi connectivity index (χ0) is 13.8. The Labute approximate surface area is 119 Å². The molecule has 0 N–H and O–H groups in total. The van der Waals surface area contributed by atoms with Crippen molar-refractivity contribution in [1.82, 2.24) is 4.57 Å². The third kappa shape index (κ3) is 2.43. The molecule has 0 amide bonds. The SMILES string of the molecule is Cc1cccccc2ccccc2n1-c1ccccc1. The van der Waals surface area contributed by atoms with E-state index >= 15 is 0 Å². The lowest BCUT2D eigenvalue weighted by atomic mass is 10.2. The molecule has 0 radical (unpaired) electrons. The first kappa shape index (κ1) is 12.5. The minimum atomic E-state index is 1.18. The fraction of sp³-hybridized carbons (Fsp3) is 0.0526. The van der Waals surface area contributed by atoms with Crippen LogP contribution in [-0.2, 0) is 0 Å². The highest BCUT2D eigenvalue weighted by molar-refractivity contribution is 5.80. The van der Waals surface area contributed by atoms with Gasteiger partial charge in [0.15, 0.2) is 0 Å². The second kappa shape index (κ2) is 5.62. The van der Waals surface area contributed by atoms with E-state index in [0.29, 0.717) is 0 Å². The Kier molecular flexibility index (Phi) is 3.51. The third-order valence-corrected chi connectivity index (χ3v) is 3.38. The van der Waals surface area contributed by atoms with Crippen molar-refractivity contribution in [1.29, 1.82) is 0 Å². The maximum atomic E-state index is 2.29. The molecule has 0 fully saturated rings. The average molecular weight is 259 g/mol. The quantitative estimate of drug-likeness (QED) is 0.575. The van der Waals surface area contributed by atoms with Crippen LogP contribution in [0.1, 0.15) is 5.69 Å². The minimum absolute atomic E-state index is 1.18. The monoisotopic (exact) mass is 259 g/mol. The highest BCUT2D eigenvalue weighted by Gasteiger charge is 2.00. The molecule has 1 heteroatoms. The summed E-state index contributed by atoms with van der Waals surface area (Å²) in [6.45, 7) is 2.14. The zero-order valence-corrected chi connectivity index (χ0v) is 11.5. The normalized spacial score (nSPS) is 10.2. The summed E-state index contributed by atoms with van der Waals surface area (Å²) in [4.78, 5) is 0. The maximum absolute atomic E-state index is 2.29. The fourth-order valence-electron chi connectivity index (χ4n) is 2.43. The van der Waals surface area contributed by atoms with Crippen LogP contribution in [0, 0.1) is 6.92 Å². The number of hydrogen-bond acceptors (Lipinski definition) is 0. The maximum Gasteiger partial charge on any atom is 0.0530 e. The molecule has 20 heavy (non-hydrogen) atoms. The Morgan fingerprint density at radius 1 is 0.600 bits per heavy atom. The Morgan fingerprint density at radius 2 is 1.15 bits per heavy atom. The van der Waals surface area contributed by atoms with Gasteiger partial charge in [-0.2, -0.15) is 0 Å². The molecular weight excluding hydrogens is 242 g/mol. The first-order chi connectivity index (χ1) is 9.86. The molecule has 0 spiro atoms. The van der Waals surface area contributed by atoms with Gasteiger partial charge in [0.2, 0.25) is 0 Å². The van der Waals surface area contributed by atoms with Crippen molar-refractivity contribution in [3.8, 4) is 5.69 Å². The van der Waals surface area contributed by atoms with E-state index in [2.05, 4.69) is 90.4 Å². The Balaban J connectivity index is 2.49. The van der Waals surface area contributed by atoms with Crippen LogP contribution < -0.4 is 0 Å². The molecule has 0 saturated heterocycles. The van der Waals surface area contributed by atoms with Crippen LogP contribution in [0.3, 0.4) is 0 Å². The van der Waals surface area contributed by atoms with Gasteiger partial charge < -0.3 is 4.57 Å². The van der Waals surface area contributed by atoms with Gasteiger partial charge in [-0.25, -0.2) is 0 Å². The highest BCUT2D eigenvalue weighted by Crippen LogP contribution is 2.18. The molecule has 3 aromatic rings. The van der Waals surface area contributed by atoms with Gasteiger partial charge in [-0.15, -0.1) is 0 Å². The van der Waals surface area contributed by atoms with E-state index in [1.165, 1.54) is 22.3 Å². The zero-order valence-electron chi connectivity index (χ0n) is 11.5. The van der Waals surface area contributed by atoms with Crippen molar-refractivity contribution >= 4 is 10.9 Å². The van der Waals surface area contributed by atoms with E-state index in [9.17, 15) is 0 Å². The van der Waals surface area contributed by atoms with Crippen LogP contribution in [0.25, 0.3) is 16.6 Å². The van der Waals surface area contributed by atoms with Crippen LogP contribution in [0.5, 0.6) is 0 Å². The van der Waals surface area contributed by atoms with Crippen LogP contribution in [0.15, 0.2) is 84.9 Å². The summed E-state index contributed by atoms with van der Waals surface area (Å²) in [5.74, 6) is 0. The molecule has 0 aliphatic heterocycles. The lowest BCUT2D eigenvalue weighted by Crippen LogP contribution is -1.99. The summed E-state index contributed by atoms with van der Waals surface area (Å²) in [5, 5.41) is 1.22. The summed E-state index contributed by atoms with van der Waals surface area (Å²) in [5.41, 5.74) is 3.58. The first-order valence-corrected chi connectivity index (χ1v) is 6.82. The summed E-state index contributed by atoms with van der Waals surface area (Å²) in [6.07, 6.45) is 0. The molecule has 1 aromatic heterocycles. The highest BCUT2D eigenvalue weighted by atomic mass is 15.0. The Hall–Kier alpha value is -2.54. The van der Waals surface area contributed by atoms with Crippen LogP contribution >= 0.6 is 0 Å². The van der Waals surface area contributed by atoms with E-state index in [1.807, 2.05) is 6.07 Å². The molecule has 0 aliphatic rings. The number of fused-ring (bicyclic) bond motifs is 1. The molecule has 1 nitrogen and oxygen atoms in total. The van der Waals surface area contributed by atoms with Crippen LogP contribution in [0.4, 0.5) is 0 Å². The molecule has 3 rings (SSSR count). The number of aromatic nitrogens is 1. The first-order valence-electron chi connectivity index (χ1n) is 6.82. The van der Waals surface area contributed by atoms with Crippen molar-refractivity contribution < 1.29 is 0 Å². The molecule has 0 atom stereocenters. The molecule has 0 aliphatic carbocycles. The molecule has 0 saturated carbocycles. The van der Waals surface area contributed by atoms with Gasteiger partial charge >= 0.3 is 0 Å². The second-order valence-corrected chi connectivity index (χ2v) is 4.78. The number of aryl methyl sites for hydroxylation is 1. The van der Waals surface area contributed by atoms with Gasteiger partial charge in [0.25, 0.3) is 0 Å². The number of benzene rings is 2. The van der Waals surface area contributed by atoms with Crippen LogP contribution in [0.2, 0.25) is 0 Å². The topological polar surface area (TPSA) is 4.93 Å². The molecular formula is C19H17N. The molecule has 98 valence electrons. The van der Waals surface area contributed by atoms with E-state index in [-0.39, 0.29) is 0 Å². The number of para-hydroxylation sites is 2. The fourth-order valence-corrected chi connectivity index (χ4v) is 2.43. The third-order valence-electron chi connectivity index (χ3n) is 3.38. The number of nitrogens with zero attached hydrogens (tertiary/aromatic N) is 1. The predicted molar refractivity (Wildman–Crippen MR) is 85.6 cm³/mol. The summed E-state index contributed by atoms with van der Waals surface area (Å²) >= 11 is 0. The Morgan fingerprint density at radius 3 is 1.90 bits per heavy atom. The molecule has 0 bridgehead atoms. The van der Waals surface area contributed by atoms with Gasteiger partial charge in [0.1, 0.15) is 0 Å². The lowest BCUT2D eigenvalue weighted by molar-refractivity contribution is 1.04. The van der Waals surface area contributed by atoms with E-state index in [4.69, 9.17) is 0 Å². The molecule has 0 unspecified atom stereocenters. The van der Waals surface area contributed by atoms with Crippen molar-refractivity contribution in [3.63, 3.8) is 0 Å². The molecule has 1 heterocycles. The van der Waals surface area contributed by atoms with Gasteiger partial charge in [-0.3, -0.25) is 0 Å². The van der Waals surface area contributed by atoms with E-state index in [1.54, 1.807) is 0 Å². The lowest BCUT2D eigenvalue weighted by Gasteiger charge is -2.12. The minimum Gasteiger partial charge on any atom is -0.314 e. The number of hydrogen-bond donors (Lipinski definition) is 0. The van der Waals surface area contributed by atoms with Crippen molar-refractivity contribution in [3.05, 3.63) is 90.6 Å².